The maximum absolute atomic E-state index is 12.9. The monoisotopic (exact) mass is 437 g/mol. The van der Waals surface area contributed by atoms with Crippen LogP contribution in [0.1, 0.15) is 62.5 Å². The lowest BCUT2D eigenvalue weighted by Gasteiger charge is -2.46. The summed E-state index contributed by atoms with van der Waals surface area (Å²) in [5.41, 5.74) is 0.0254. The maximum Gasteiger partial charge on any atom is 0.416 e. The van der Waals surface area contributed by atoms with Gasteiger partial charge in [0.15, 0.2) is 0 Å². The molecule has 7 heteroatoms. The summed E-state index contributed by atoms with van der Waals surface area (Å²) in [5, 5.41) is 3.28. The van der Waals surface area contributed by atoms with E-state index >= 15 is 0 Å². The van der Waals surface area contributed by atoms with Gasteiger partial charge in [0, 0.05) is 31.6 Å². The molecule has 3 atom stereocenters. The molecule has 1 amide bonds. The van der Waals surface area contributed by atoms with Crippen molar-refractivity contribution < 1.29 is 18.0 Å². The zero-order valence-electron chi connectivity index (χ0n) is 18.2. The molecule has 3 aliphatic heterocycles. The summed E-state index contributed by atoms with van der Waals surface area (Å²) in [6, 6.07) is 6.36. The maximum atomic E-state index is 12.9. The number of carbonyl (C=O) groups excluding carboxylic acids is 1. The Morgan fingerprint density at radius 1 is 1.06 bits per heavy atom. The molecule has 1 aromatic rings. The second kappa shape index (κ2) is 9.90. The van der Waals surface area contributed by atoms with E-state index in [9.17, 15) is 18.0 Å². The van der Waals surface area contributed by atoms with Crippen LogP contribution in [0.4, 0.5) is 13.2 Å². The van der Waals surface area contributed by atoms with Gasteiger partial charge in [-0.3, -0.25) is 4.79 Å². The minimum Gasteiger partial charge on any atom is -0.339 e. The molecule has 0 saturated carbocycles. The van der Waals surface area contributed by atoms with Crippen molar-refractivity contribution in [3.63, 3.8) is 0 Å². The number of carbonyl (C=O) groups is 1. The summed E-state index contributed by atoms with van der Waals surface area (Å²) in [4.78, 5) is 17.4. The molecule has 0 spiro atoms. The third-order valence-electron chi connectivity index (χ3n) is 7.35. The average Bonchev–Trinajstić information content (AvgIpc) is 3.10. The van der Waals surface area contributed by atoms with Crippen molar-refractivity contribution in [1.82, 2.24) is 15.1 Å². The van der Waals surface area contributed by atoms with Gasteiger partial charge in [-0.05, 0) is 75.7 Å². The predicted molar refractivity (Wildman–Crippen MR) is 114 cm³/mol. The molecule has 3 fully saturated rings. The predicted octanol–water partition coefficient (Wildman–Crippen LogP) is 4.44. The number of piperidine rings is 2. The van der Waals surface area contributed by atoms with Crippen molar-refractivity contribution in [2.75, 3.05) is 26.2 Å². The lowest BCUT2D eigenvalue weighted by Crippen LogP contribution is -2.52. The highest BCUT2D eigenvalue weighted by Crippen LogP contribution is 2.34. The molecule has 0 aliphatic carbocycles. The van der Waals surface area contributed by atoms with Crippen LogP contribution in [0.5, 0.6) is 0 Å². The van der Waals surface area contributed by atoms with Gasteiger partial charge in [-0.15, -0.1) is 0 Å². The van der Waals surface area contributed by atoms with E-state index in [0.29, 0.717) is 37.0 Å². The Bertz CT molecular complexity index is 752. The van der Waals surface area contributed by atoms with Gasteiger partial charge in [-0.2, -0.15) is 13.2 Å². The van der Waals surface area contributed by atoms with E-state index in [-0.39, 0.29) is 11.9 Å². The lowest BCUT2D eigenvalue weighted by molar-refractivity contribution is -0.137. The smallest absolute Gasteiger partial charge is 0.339 e. The Labute approximate surface area is 183 Å². The van der Waals surface area contributed by atoms with Crippen molar-refractivity contribution in [2.45, 2.75) is 76.2 Å². The first-order valence-electron chi connectivity index (χ1n) is 11.8. The molecule has 172 valence electrons. The van der Waals surface area contributed by atoms with Gasteiger partial charge in [0.1, 0.15) is 0 Å². The highest BCUT2D eigenvalue weighted by atomic mass is 19.4. The fraction of sp³-hybridized carbons (Fsp3) is 0.708. The molecule has 0 aromatic heterocycles. The van der Waals surface area contributed by atoms with E-state index in [4.69, 9.17) is 0 Å². The van der Waals surface area contributed by atoms with Crippen LogP contribution >= 0.6 is 0 Å². The second-order valence-electron chi connectivity index (χ2n) is 9.40. The Morgan fingerprint density at radius 3 is 2.74 bits per heavy atom. The summed E-state index contributed by atoms with van der Waals surface area (Å²) in [7, 11) is 0. The van der Waals surface area contributed by atoms with Crippen LogP contribution in [0.2, 0.25) is 0 Å². The minimum absolute atomic E-state index is 0.250. The first-order valence-corrected chi connectivity index (χ1v) is 11.8. The molecule has 4 rings (SSSR count). The topological polar surface area (TPSA) is 35.6 Å². The summed E-state index contributed by atoms with van der Waals surface area (Å²) in [6.45, 7) is 4.39. The number of nitrogens with zero attached hydrogens (tertiary/aromatic N) is 2. The van der Waals surface area contributed by atoms with Crippen LogP contribution in [-0.2, 0) is 17.5 Å². The van der Waals surface area contributed by atoms with Crippen LogP contribution in [0.3, 0.4) is 0 Å². The van der Waals surface area contributed by atoms with E-state index in [2.05, 4.69) is 15.1 Å². The van der Waals surface area contributed by atoms with Crippen LogP contribution < -0.4 is 5.32 Å². The number of benzene rings is 1. The Kier molecular flexibility index (Phi) is 7.22. The molecule has 1 aromatic carbocycles. The van der Waals surface area contributed by atoms with Crippen molar-refractivity contribution in [2.24, 2.45) is 5.92 Å². The molecular formula is C24H34F3N3O. The zero-order valence-corrected chi connectivity index (χ0v) is 18.2. The SMILES string of the molecule is O=C1CC[C@@H](CCNCc2cccc(C(F)(F)F)c2)N1C[C@@H]1CCCN2CCCC[C@H]12. The van der Waals surface area contributed by atoms with Crippen molar-refractivity contribution in [1.29, 1.82) is 0 Å². The Balaban J connectivity index is 1.27. The van der Waals surface area contributed by atoms with Crippen molar-refractivity contribution >= 4 is 5.91 Å². The van der Waals surface area contributed by atoms with Crippen molar-refractivity contribution in [3.05, 3.63) is 35.4 Å². The van der Waals surface area contributed by atoms with E-state index in [1.54, 1.807) is 6.07 Å². The molecular weight excluding hydrogens is 403 g/mol. The largest absolute Gasteiger partial charge is 0.416 e. The fourth-order valence-corrected chi connectivity index (χ4v) is 5.75. The lowest BCUT2D eigenvalue weighted by atomic mass is 9.83. The van der Waals surface area contributed by atoms with Crippen LogP contribution in [-0.4, -0.2) is 54.0 Å². The summed E-state index contributed by atoms with van der Waals surface area (Å²) in [5.74, 6) is 0.854. The number of rotatable bonds is 7. The highest BCUT2D eigenvalue weighted by Gasteiger charge is 2.38. The molecule has 0 radical (unpaired) electrons. The second-order valence-corrected chi connectivity index (χ2v) is 9.40. The van der Waals surface area contributed by atoms with Crippen LogP contribution in [0, 0.1) is 5.92 Å². The van der Waals surface area contributed by atoms with Gasteiger partial charge in [-0.25, -0.2) is 0 Å². The van der Waals surface area contributed by atoms with Crippen LogP contribution in [0.25, 0.3) is 0 Å². The van der Waals surface area contributed by atoms with Crippen LogP contribution in [0.15, 0.2) is 24.3 Å². The standard InChI is InChI=1S/C24H34F3N3O/c25-24(26,27)20-7-3-5-18(15-20)16-28-12-11-21-9-10-23(31)30(21)17-19-6-4-14-29-13-2-1-8-22(19)29/h3,5,7,15,19,21-22,28H,1-2,4,6,8-14,16-17H2/t19-,21-,22+/m0/s1. The third kappa shape index (κ3) is 5.61. The number of alkyl halides is 3. The van der Waals surface area contributed by atoms with Crippen molar-refractivity contribution in [3.8, 4) is 0 Å². The molecule has 0 unspecified atom stereocenters. The van der Waals surface area contributed by atoms with Gasteiger partial charge < -0.3 is 15.1 Å². The number of fused-ring (bicyclic) bond motifs is 1. The quantitative estimate of drug-likeness (QED) is 0.641. The Morgan fingerprint density at radius 2 is 1.90 bits per heavy atom. The first kappa shape index (κ1) is 22.6. The van der Waals surface area contributed by atoms with Gasteiger partial charge >= 0.3 is 6.18 Å². The summed E-state index contributed by atoms with van der Waals surface area (Å²) < 4.78 is 38.6. The third-order valence-corrected chi connectivity index (χ3v) is 7.35. The molecule has 3 aliphatic rings. The number of likely N-dealkylation sites (tertiary alicyclic amines) is 1. The Hall–Kier alpha value is -1.60. The average molecular weight is 438 g/mol. The van der Waals surface area contributed by atoms with Gasteiger partial charge in [-0.1, -0.05) is 24.6 Å². The fourth-order valence-electron chi connectivity index (χ4n) is 5.75. The van der Waals surface area contributed by atoms with Gasteiger partial charge in [0.05, 0.1) is 5.56 Å². The van der Waals surface area contributed by atoms with E-state index in [0.717, 1.165) is 25.5 Å². The first-order chi connectivity index (χ1) is 14.9. The minimum atomic E-state index is -4.31. The molecule has 4 nitrogen and oxygen atoms in total. The van der Waals surface area contributed by atoms with E-state index < -0.39 is 11.7 Å². The van der Waals surface area contributed by atoms with E-state index in [1.165, 1.54) is 57.3 Å². The number of nitrogens with one attached hydrogen (secondary N) is 1. The van der Waals surface area contributed by atoms with E-state index in [1.807, 2.05) is 0 Å². The summed E-state index contributed by atoms with van der Waals surface area (Å²) >= 11 is 0. The number of halogens is 3. The molecule has 1 N–H and O–H groups in total. The number of hydrogen-bond acceptors (Lipinski definition) is 3. The number of amides is 1. The normalized spacial score (nSPS) is 27.5. The number of hydrogen-bond donors (Lipinski definition) is 1. The summed E-state index contributed by atoms with van der Waals surface area (Å²) in [6.07, 6.45) is 4.36. The molecule has 3 saturated heterocycles. The molecule has 31 heavy (non-hydrogen) atoms. The van der Waals surface area contributed by atoms with Gasteiger partial charge in [0.2, 0.25) is 5.91 Å². The molecule has 0 bridgehead atoms. The zero-order chi connectivity index (χ0) is 21.8. The highest BCUT2D eigenvalue weighted by molar-refractivity contribution is 5.78. The van der Waals surface area contributed by atoms with Gasteiger partial charge in [0.25, 0.3) is 0 Å². The molecule has 3 heterocycles.